The highest BCUT2D eigenvalue weighted by Crippen LogP contribution is 2.38. The minimum atomic E-state index is -0.263. The second-order valence-electron chi connectivity index (χ2n) is 6.84. The van der Waals surface area contributed by atoms with E-state index in [1.165, 1.54) is 0 Å². The van der Waals surface area contributed by atoms with Crippen molar-refractivity contribution in [2.45, 2.75) is 18.9 Å². The number of carbonyl (C=O) groups is 1. The van der Waals surface area contributed by atoms with E-state index in [1.54, 1.807) is 6.20 Å². The molecule has 1 aromatic carbocycles. The standard InChI is InChI=1S/C19H24N4O2/c1-21-10-5-11-23(16-7-4-3-6-15(16)21)19(24)14-8-13-25-17(14)18-20-9-12-22(18)2/h3-4,6-7,9,12,14,17H,5,8,10-11,13H2,1-2H3/t14-,17-/m1/s1. The summed E-state index contributed by atoms with van der Waals surface area (Å²) in [6.45, 7) is 2.29. The summed E-state index contributed by atoms with van der Waals surface area (Å²) in [7, 11) is 4.03. The van der Waals surface area contributed by atoms with Gasteiger partial charge in [-0.2, -0.15) is 0 Å². The number of benzene rings is 1. The van der Waals surface area contributed by atoms with E-state index in [-0.39, 0.29) is 17.9 Å². The number of hydrogen-bond acceptors (Lipinski definition) is 4. The number of carbonyl (C=O) groups excluding carboxylic acids is 1. The first-order chi connectivity index (χ1) is 12.2. The number of imidazole rings is 1. The molecule has 2 aliphatic heterocycles. The van der Waals surface area contributed by atoms with Crippen LogP contribution >= 0.6 is 0 Å². The Hall–Kier alpha value is -2.34. The number of nitrogens with zero attached hydrogens (tertiary/aromatic N) is 4. The number of para-hydroxylation sites is 2. The molecule has 132 valence electrons. The molecule has 0 unspecified atom stereocenters. The van der Waals surface area contributed by atoms with Crippen molar-refractivity contribution in [3.05, 3.63) is 42.5 Å². The Labute approximate surface area is 148 Å². The average molecular weight is 340 g/mol. The summed E-state index contributed by atoms with van der Waals surface area (Å²) in [5.41, 5.74) is 2.11. The van der Waals surface area contributed by atoms with E-state index in [9.17, 15) is 4.79 Å². The van der Waals surface area contributed by atoms with Crippen molar-refractivity contribution in [1.82, 2.24) is 9.55 Å². The van der Waals surface area contributed by atoms with Gasteiger partial charge in [-0.1, -0.05) is 12.1 Å². The van der Waals surface area contributed by atoms with Gasteiger partial charge in [0.25, 0.3) is 0 Å². The van der Waals surface area contributed by atoms with Crippen molar-refractivity contribution < 1.29 is 9.53 Å². The van der Waals surface area contributed by atoms with Crippen molar-refractivity contribution in [3.8, 4) is 0 Å². The van der Waals surface area contributed by atoms with Gasteiger partial charge in [0, 0.05) is 46.2 Å². The van der Waals surface area contributed by atoms with Crippen molar-refractivity contribution in [3.63, 3.8) is 0 Å². The van der Waals surface area contributed by atoms with Crippen LogP contribution < -0.4 is 9.80 Å². The van der Waals surface area contributed by atoms with Crippen LogP contribution in [0.2, 0.25) is 0 Å². The van der Waals surface area contributed by atoms with Crippen LogP contribution in [0.1, 0.15) is 24.8 Å². The maximum Gasteiger partial charge on any atom is 0.233 e. The van der Waals surface area contributed by atoms with E-state index in [1.807, 2.05) is 40.9 Å². The molecule has 1 saturated heterocycles. The van der Waals surface area contributed by atoms with Crippen molar-refractivity contribution in [2.24, 2.45) is 13.0 Å². The Morgan fingerprint density at radius 2 is 2.00 bits per heavy atom. The fraction of sp³-hybridized carbons (Fsp3) is 0.474. The number of aromatic nitrogens is 2. The molecule has 0 saturated carbocycles. The summed E-state index contributed by atoms with van der Waals surface area (Å²) in [6, 6.07) is 8.15. The normalized spacial score (nSPS) is 23.4. The zero-order valence-corrected chi connectivity index (χ0v) is 14.8. The summed E-state index contributed by atoms with van der Waals surface area (Å²) in [6.07, 6.45) is 5.09. The third-order valence-electron chi connectivity index (χ3n) is 5.25. The Balaban J connectivity index is 1.66. The van der Waals surface area contributed by atoms with Crippen LogP contribution in [-0.2, 0) is 16.6 Å². The molecule has 6 heteroatoms. The highest BCUT2D eigenvalue weighted by atomic mass is 16.5. The van der Waals surface area contributed by atoms with E-state index >= 15 is 0 Å². The predicted molar refractivity (Wildman–Crippen MR) is 96.7 cm³/mol. The van der Waals surface area contributed by atoms with E-state index in [4.69, 9.17) is 4.74 Å². The zero-order chi connectivity index (χ0) is 17.4. The van der Waals surface area contributed by atoms with Crippen LogP contribution in [-0.4, -0.2) is 42.2 Å². The zero-order valence-electron chi connectivity index (χ0n) is 14.8. The number of hydrogen-bond donors (Lipinski definition) is 0. The van der Waals surface area contributed by atoms with Crippen LogP contribution in [0.5, 0.6) is 0 Å². The Kier molecular flexibility index (Phi) is 4.21. The summed E-state index contributed by atoms with van der Waals surface area (Å²) >= 11 is 0. The third kappa shape index (κ3) is 2.80. The van der Waals surface area contributed by atoms with Gasteiger partial charge in [-0.3, -0.25) is 4.79 Å². The van der Waals surface area contributed by atoms with Crippen molar-refractivity contribution in [1.29, 1.82) is 0 Å². The molecule has 2 aromatic rings. The number of aryl methyl sites for hydroxylation is 1. The van der Waals surface area contributed by atoms with E-state index in [2.05, 4.69) is 23.0 Å². The summed E-state index contributed by atoms with van der Waals surface area (Å²) < 4.78 is 7.85. The number of amides is 1. The second-order valence-corrected chi connectivity index (χ2v) is 6.84. The lowest BCUT2D eigenvalue weighted by atomic mass is 9.98. The number of anilines is 2. The summed E-state index contributed by atoms with van der Waals surface area (Å²) in [5.74, 6) is 0.793. The molecule has 0 radical (unpaired) electrons. The van der Waals surface area contributed by atoms with Gasteiger partial charge < -0.3 is 19.1 Å². The summed E-state index contributed by atoms with van der Waals surface area (Å²) in [4.78, 5) is 22.0. The molecule has 0 N–H and O–H groups in total. The third-order valence-corrected chi connectivity index (χ3v) is 5.25. The molecule has 6 nitrogen and oxygen atoms in total. The molecule has 4 rings (SSSR count). The van der Waals surface area contributed by atoms with Gasteiger partial charge >= 0.3 is 0 Å². The SMILES string of the molecule is CN1CCCN(C(=O)[C@@H]2CCO[C@H]2c2nccn2C)c2ccccc21. The van der Waals surface area contributed by atoms with Crippen LogP contribution in [0.25, 0.3) is 0 Å². The van der Waals surface area contributed by atoms with Gasteiger partial charge in [-0.25, -0.2) is 4.98 Å². The maximum absolute atomic E-state index is 13.4. The number of rotatable bonds is 2. The van der Waals surface area contributed by atoms with Crippen molar-refractivity contribution >= 4 is 17.3 Å². The smallest absolute Gasteiger partial charge is 0.233 e. The molecule has 1 fully saturated rings. The lowest BCUT2D eigenvalue weighted by molar-refractivity contribution is -0.124. The van der Waals surface area contributed by atoms with Crippen LogP contribution in [0, 0.1) is 5.92 Å². The molecular formula is C19H24N4O2. The molecule has 3 heterocycles. The monoisotopic (exact) mass is 340 g/mol. The first-order valence-electron chi connectivity index (χ1n) is 8.87. The van der Waals surface area contributed by atoms with E-state index < -0.39 is 0 Å². The molecule has 1 aromatic heterocycles. The predicted octanol–water partition coefficient (Wildman–Crippen LogP) is 2.37. The lowest BCUT2D eigenvalue weighted by Gasteiger charge is -2.28. The van der Waals surface area contributed by atoms with Crippen LogP contribution in [0.15, 0.2) is 36.7 Å². The van der Waals surface area contributed by atoms with E-state index in [0.717, 1.165) is 43.1 Å². The molecule has 1 amide bonds. The van der Waals surface area contributed by atoms with E-state index in [0.29, 0.717) is 6.61 Å². The van der Waals surface area contributed by atoms with Gasteiger partial charge in [0.1, 0.15) is 11.9 Å². The molecule has 0 aliphatic carbocycles. The van der Waals surface area contributed by atoms with Crippen LogP contribution in [0.4, 0.5) is 11.4 Å². The highest BCUT2D eigenvalue weighted by molar-refractivity contribution is 5.99. The Bertz CT molecular complexity index is 772. The summed E-state index contributed by atoms with van der Waals surface area (Å²) in [5, 5.41) is 0. The maximum atomic E-state index is 13.4. The quantitative estimate of drug-likeness (QED) is 0.842. The largest absolute Gasteiger partial charge is 0.373 e. The highest BCUT2D eigenvalue weighted by Gasteiger charge is 2.40. The molecular weight excluding hydrogens is 316 g/mol. The number of ether oxygens (including phenoxy) is 1. The molecule has 0 bridgehead atoms. The number of fused-ring (bicyclic) bond motifs is 1. The minimum absolute atomic E-state index is 0.147. The topological polar surface area (TPSA) is 50.6 Å². The van der Waals surface area contributed by atoms with Gasteiger partial charge in [0.2, 0.25) is 5.91 Å². The first-order valence-corrected chi connectivity index (χ1v) is 8.87. The Morgan fingerprint density at radius 3 is 2.76 bits per heavy atom. The average Bonchev–Trinajstić information content (AvgIpc) is 3.22. The first kappa shape index (κ1) is 16.1. The van der Waals surface area contributed by atoms with Gasteiger partial charge in [0.05, 0.1) is 17.3 Å². The van der Waals surface area contributed by atoms with Gasteiger partial charge in [0.15, 0.2) is 0 Å². The second kappa shape index (κ2) is 6.52. The molecule has 25 heavy (non-hydrogen) atoms. The van der Waals surface area contributed by atoms with Crippen molar-refractivity contribution in [2.75, 3.05) is 36.5 Å². The molecule has 0 spiro atoms. The van der Waals surface area contributed by atoms with Gasteiger partial charge in [-0.15, -0.1) is 0 Å². The Morgan fingerprint density at radius 1 is 1.20 bits per heavy atom. The fourth-order valence-electron chi connectivity index (χ4n) is 3.90. The minimum Gasteiger partial charge on any atom is -0.373 e. The molecule has 2 atom stereocenters. The fourth-order valence-corrected chi connectivity index (χ4v) is 3.90. The lowest BCUT2D eigenvalue weighted by Crippen LogP contribution is -2.38. The van der Waals surface area contributed by atoms with Crippen LogP contribution in [0.3, 0.4) is 0 Å². The molecule has 2 aliphatic rings. The van der Waals surface area contributed by atoms with Gasteiger partial charge in [-0.05, 0) is 25.0 Å².